The van der Waals surface area contributed by atoms with Crippen molar-refractivity contribution in [1.82, 2.24) is 14.7 Å². The van der Waals surface area contributed by atoms with Gasteiger partial charge >= 0.3 is 0 Å². The number of aromatic nitrogens is 3. The fourth-order valence-corrected chi connectivity index (χ4v) is 2.68. The maximum absolute atomic E-state index is 9.08. The Bertz CT molecular complexity index is 499. The Morgan fingerprint density at radius 3 is 2.76 bits per heavy atom. The molecule has 0 saturated carbocycles. The standard InChI is InChI=1S/C11H15N3O2S/c1-7-10(8(2)16-13-7)6-17-11-12-4-9(5-15)14(11)3/h4,15H,5-6H2,1-3H3. The minimum Gasteiger partial charge on any atom is -0.390 e. The van der Waals surface area contributed by atoms with E-state index in [-0.39, 0.29) is 6.61 Å². The highest BCUT2D eigenvalue weighted by atomic mass is 32.2. The van der Waals surface area contributed by atoms with Gasteiger partial charge in [0.2, 0.25) is 0 Å². The zero-order valence-electron chi connectivity index (χ0n) is 10.1. The van der Waals surface area contributed by atoms with Crippen molar-refractivity contribution in [2.45, 2.75) is 31.4 Å². The van der Waals surface area contributed by atoms with Crippen LogP contribution in [0.5, 0.6) is 0 Å². The molecule has 0 atom stereocenters. The lowest BCUT2D eigenvalue weighted by molar-refractivity contribution is 0.271. The molecule has 0 aliphatic carbocycles. The van der Waals surface area contributed by atoms with Crippen molar-refractivity contribution in [3.8, 4) is 0 Å². The highest BCUT2D eigenvalue weighted by Gasteiger charge is 2.12. The number of aryl methyl sites for hydroxylation is 2. The van der Waals surface area contributed by atoms with Crippen LogP contribution < -0.4 is 0 Å². The van der Waals surface area contributed by atoms with Crippen molar-refractivity contribution >= 4 is 11.8 Å². The summed E-state index contributed by atoms with van der Waals surface area (Å²) < 4.78 is 7.00. The minimum absolute atomic E-state index is 0.00931. The van der Waals surface area contributed by atoms with Crippen LogP contribution in [-0.4, -0.2) is 19.8 Å². The van der Waals surface area contributed by atoms with Gasteiger partial charge in [0, 0.05) is 18.4 Å². The van der Waals surface area contributed by atoms with Gasteiger partial charge in [-0.3, -0.25) is 0 Å². The average Bonchev–Trinajstić information content (AvgIpc) is 2.82. The Morgan fingerprint density at radius 2 is 2.24 bits per heavy atom. The predicted octanol–water partition coefficient (Wildman–Crippen LogP) is 1.81. The van der Waals surface area contributed by atoms with E-state index in [0.29, 0.717) is 0 Å². The highest BCUT2D eigenvalue weighted by molar-refractivity contribution is 7.98. The number of thioether (sulfide) groups is 1. The first-order valence-corrected chi connectivity index (χ1v) is 6.28. The predicted molar refractivity (Wildman–Crippen MR) is 64.7 cm³/mol. The molecule has 17 heavy (non-hydrogen) atoms. The Labute approximate surface area is 104 Å². The summed E-state index contributed by atoms with van der Waals surface area (Å²) in [4.78, 5) is 4.26. The van der Waals surface area contributed by atoms with E-state index in [1.54, 1.807) is 18.0 Å². The summed E-state index contributed by atoms with van der Waals surface area (Å²) in [7, 11) is 1.90. The van der Waals surface area contributed by atoms with Crippen LogP contribution in [-0.2, 0) is 19.4 Å². The molecule has 2 heterocycles. The Kier molecular flexibility index (Phi) is 3.54. The van der Waals surface area contributed by atoms with Gasteiger partial charge in [0.05, 0.1) is 24.2 Å². The summed E-state index contributed by atoms with van der Waals surface area (Å²) in [5.41, 5.74) is 2.85. The van der Waals surface area contributed by atoms with Crippen LogP contribution in [0.2, 0.25) is 0 Å². The van der Waals surface area contributed by atoms with Gasteiger partial charge in [-0.25, -0.2) is 4.98 Å². The van der Waals surface area contributed by atoms with Crippen LogP contribution in [0.3, 0.4) is 0 Å². The normalized spacial score (nSPS) is 11.1. The SMILES string of the molecule is Cc1noc(C)c1CSc1ncc(CO)n1C. The maximum Gasteiger partial charge on any atom is 0.168 e. The third-order valence-electron chi connectivity index (χ3n) is 2.73. The quantitative estimate of drug-likeness (QED) is 0.842. The second kappa shape index (κ2) is 4.93. The molecule has 0 amide bonds. The molecule has 0 bridgehead atoms. The molecule has 0 aliphatic heterocycles. The molecule has 0 aliphatic rings. The molecule has 2 aromatic rings. The maximum atomic E-state index is 9.08. The van der Waals surface area contributed by atoms with Gasteiger partial charge in [-0.05, 0) is 13.8 Å². The van der Waals surface area contributed by atoms with Crippen LogP contribution in [0.15, 0.2) is 15.9 Å². The van der Waals surface area contributed by atoms with Crippen molar-refractivity contribution in [3.05, 3.63) is 28.9 Å². The van der Waals surface area contributed by atoms with Gasteiger partial charge in [-0.1, -0.05) is 16.9 Å². The first kappa shape index (κ1) is 12.2. The fraction of sp³-hybridized carbons (Fsp3) is 0.455. The summed E-state index contributed by atoms with van der Waals surface area (Å²) >= 11 is 1.61. The third kappa shape index (κ3) is 2.37. The number of aliphatic hydroxyl groups is 1. The molecule has 0 aromatic carbocycles. The molecule has 0 saturated heterocycles. The lowest BCUT2D eigenvalue weighted by Gasteiger charge is -2.03. The third-order valence-corrected chi connectivity index (χ3v) is 3.80. The summed E-state index contributed by atoms with van der Waals surface area (Å²) in [6, 6.07) is 0. The number of nitrogens with zero attached hydrogens (tertiary/aromatic N) is 3. The van der Waals surface area contributed by atoms with E-state index in [2.05, 4.69) is 10.1 Å². The highest BCUT2D eigenvalue weighted by Crippen LogP contribution is 2.25. The molecule has 1 N–H and O–H groups in total. The minimum atomic E-state index is 0.00931. The molecule has 0 unspecified atom stereocenters. The second-order valence-corrected chi connectivity index (χ2v) is 4.78. The lowest BCUT2D eigenvalue weighted by atomic mass is 10.2. The van der Waals surface area contributed by atoms with E-state index in [1.165, 1.54) is 0 Å². The average molecular weight is 253 g/mol. The molecule has 6 heteroatoms. The van der Waals surface area contributed by atoms with E-state index in [4.69, 9.17) is 9.63 Å². The number of hydrogen-bond acceptors (Lipinski definition) is 5. The van der Waals surface area contributed by atoms with Gasteiger partial charge < -0.3 is 14.2 Å². The summed E-state index contributed by atoms with van der Waals surface area (Å²) in [5, 5.41) is 13.9. The molecule has 0 fully saturated rings. The van der Waals surface area contributed by atoms with E-state index in [1.807, 2.05) is 25.5 Å². The molecule has 2 aromatic heterocycles. The number of imidazole rings is 1. The smallest absolute Gasteiger partial charge is 0.168 e. The zero-order valence-corrected chi connectivity index (χ0v) is 10.9. The Hall–Kier alpha value is -1.27. The van der Waals surface area contributed by atoms with Crippen molar-refractivity contribution < 1.29 is 9.63 Å². The van der Waals surface area contributed by atoms with Crippen molar-refractivity contribution in [1.29, 1.82) is 0 Å². The van der Waals surface area contributed by atoms with E-state index >= 15 is 0 Å². The van der Waals surface area contributed by atoms with Gasteiger partial charge in [-0.15, -0.1) is 0 Å². The fourth-order valence-electron chi connectivity index (χ4n) is 1.55. The van der Waals surface area contributed by atoms with Crippen molar-refractivity contribution in [2.24, 2.45) is 7.05 Å². The van der Waals surface area contributed by atoms with Crippen LogP contribution in [0.25, 0.3) is 0 Å². The van der Waals surface area contributed by atoms with Gasteiger partial charge in [0.15, 0.2) is 5.16 Å². The Morgan fingerprint density at radius 1 is 1.47 bits per heavy atom. The summed E-state index contributed by atoms with van der Waals surface area (Å²) in [5.74, 6) is 1.63. The largest absolute Gasteiger partial charge is 0.390 e. The molecule has 5 nitrogen and oxygen atoms in total. The van der Waals surface area contributed by atoms with E-state index < -0.39 is 0 Å². The van der Waals surface area contributed by atoms with E-state index in [9.17, 15) is 0 Å². The number of aliphatic hydroxyl groups excluding tert-OH is 1. The van der Waals surface area contributed by atoms with Crippen LogP contribution >= 0.6 is 11.8 Å². The molecular weight excluding hydrogens is 238 g/mol. The lowest BCUT2D eigenvalue weighted by Crippen LogP contribution is -1.97. The van der Waals surface area contributed by atoms with Gasteiger partial charge in [0.25, 0.3) is 0 Å². The van der Waals surface area contributed by atoms with Gasteiger partial charge in [-0.2, -0.15) is 0 Å². The zero-order chi connectivity index (χ0) is 12.4. The van der Waals surface area contributed by atoms with E-state index in [0.717, 1.165) is 33.6 Å². The summed E-state index contributed by atoms with van der Waals surface area (Å²) in [6.07, 6.45) is 1.69. The van der Waals surface area contributed by atoms with Crippen molar-refractivity contribution in [2.75, 3.05) is 0 Å². The molecule has 92 valence electrons. The molecule has 2 rings (SSSR count). The number of hydrogen-bond donors (Lipinski definition) is 1. The molecule has 0 radical (unpaired) electrons. The topological polar surface area (TPSA) is 64.1 Å². The first-order valence-electron chi connectivity index (χ1n) is 5.29. The molecular formula is C11H15N3O2S. The van der Waals surface area contributed by atoms with Crippen LogP contribution in [0, 0.1) is 13.8 Å². The Balaban J connectivity index is 2.10. The van der Waals surface area contributed by atoms with Crippen LogP contribution in [0.1, 0.15) is 22.7 Å². The second-order valence-electron chi connectivity index (χ2n) is 3.84. The number of rotatable bonds is 4. The summed E-state index contributed by atoms with van der Waals surface area (Å²) in [6.45, 7) is 3.85. The van der Waals surface area contributed by atoms with Crippen LogP contribution in [0.4, 0.5) is 0 Å². The molecule has 0 spiro atoms. The first-order chi connectivity index (χ1) is 8.13. The monoisotopic (exact) mass is 253 g/mol. The van der Waals surface area contributed by atoms with Crippen molar-refractivity contribution in [3.63, 3.8) is 0 Å². The van der Waals surface area contributed by atoms with Gasteiger partial charge in [0.1, 0.15) is 5.76 Å².